The molecule has 0 fully saturated rings. The fraction of sp³-hybridized carbons (Fsp3) is 0.562. The zero-order valence-corrected chi connectivity index (χ0v) is 16.6. The Labute approximate surface area is 159 Å². The fourth-order valence-corrected chi connectivity index (χ4v) is 2.25. The predicted octanol–water partition coefficient (Wildman–Crippen LogP) is 3.20. The Kier molecular flexibility index (Phi) is 11.0. The van der Waals surface area contributed by atoms with Crippen molar-refractivity contribution in [1.82, 2.24) is 15.1 Å². The van der Waals surface area contributed by atoms with Crippen molar-refractivity contribution in [3.05, 3.63) is 35.9 Å². The maximum absolute atomic E-state index is 12.2. The number of benzene rings is 1. The molecule has 0 aromatic heterocycles. The summed E-state index contributed by atoms with van der Waals surface area (Å²) in [7, 11) is 5.10. The van der Waals surface area contributed by atoms with E-state index in [9.17, 15) is 13.2 Å². The summed E-state index contributed by atoms with van der Waals surface area (Å²) >= 11 is 0. The molecular weight excluding hydrogens is 432 g/mol. The molecule has 0 heterocycles. The fourth-order valence-electron chi connectivity index (χ4n) is 2.25. The van der Waals surface area contributed by atoms with E-state index in [2.05, 4.69) is 10.3 Å². The smallest absolute Gasteiger partial charge is 0.356 e. The van der Waals surface area contributed by atoms with Crippen LogP contribution >= 0.6 is 24.0 Å². The second-order valence-corrected chi connectivity index (χ2v) is 5.52. The second kappa shape index (κ2) is 11.5. The predicted molar refractivity (Wildman–Crippen MR) is 103 cm³/mol. The van der Waals surface area contributed by atoms with E-state index in [1.807, 2.05) is 42.3 Å². The topological polar surface area (TPSA) is 30.9 Å². The molecule has 0 saturated carbocycles. The molecule has 1 N–H and O–H groups in total. The molecule has 1 aromatic rings. The summed E-state index contributed by atoms with van der Waals surface area (Å²) in [5.41, 5.74) is 1.17. The molecule has 0 aliphatic heterocycles. The molecule has 138 valence electrons. The van der Waals surface area contributed by atoms with Gasteiger partial charge in [0.05, 0.1) is 6.54 Å². The molecule has 8 heteroatoms. The van der Waals surface area contributed by atoms with E-state index in [0.717, 1.165) is 5.96 Å². The Hall–Kier alpha value is -1.03. The molecule has 0 saturated heterocycles. The van der Waals surface area contributed by atoms with Crippen LogP contribution in [0.15, 0.2) is 35.3 Å². The Balaban J connectivity index is 0.00000529. The monoisotopic (exact) mass is 458 g/mol. The van der Waals surface area contributed by atoms with Crippen molar-refractivity contribution in [3.8, 4) is 0 Å². The van der Waals surface area contributed by atoms with Gasteiger partial charge in [-0.15, -0.1) is 24.0 Å². The standard InChI is InChI=1S/C16H25F3N4.HI/c1-20-15(23(3)12-14-8-5-4-6-9-14)21-10-7-11-22(2)13-16(17,18)19;/h4-6,8-9H,7,10-13H2,1-3H3,(H,20,21);1H. The molecule has 0 amide bonds. The number of hydrogen-bond acceptors (Lipinski definition) is 2. The molecule has 0 bridgehead atoms. The lowest BCUT2D eigenvalue weighted by molar-refractivity contribution is -0.143. The van der Waals surface area contributed by atoms with Gasteiger partial charge in [-0.3, -0.25) is 9.89 Å². The highest BCUT2D eigenvalue weighted by atomic mass is 127. The van der Waals surface area contributed by atoms with Crippen LogP contribution in [-0.4, -0.2) is 62.7 Å². The van der Waals surface area contributed by atoms with Crippen LogP contribution in [0.5, 0.6) is 0 Å². The van der Waals surface area contributed by atoms with Crippen LogP contribution in [0.25, 0.3) is 0 Å². The molecule has 24 heavy (non-hydrogen) atoms. The summed E-state index contributed by atoms with van der Waals surface area (Å²) < 4.78 is 36.7. The average Bonchev–Trinajstić information content (AvgIpc) is 2.46. The van der Waals surface area contributed by atoms with Gasteiger partial charge in [-0.25, -0.2) is 0 Å². The molecule has 0 atom stereocenters. The molecular formula is C16H26F3IN4. The summed E-state index contributed by atoms with van der Waals surface area (Å²) in [6, 6.07) is 10.0. The largest absolute Gasteiger partial charge is 0.401 e. The van der Waals surface area contributed by atoms with E-state index in [-0.39, 0.29) is 24.0 Å². The molecule has 0 unspecified atom stereocenters. The lowest BCUT2D eigenvalue weighted by Crippen LogP contribution is -2.40. The minimum absolute atomic E-state index is 0. The van der Waals surface area contributed by atoms with Gasteiger partial charge in [0, 0.05) is 27.2 Å². The summed E-state index contributed by atoms with van der Waals surface area (Å²) in [6.07, 6.45) is -3.53. The maximum Gasteiger partial charge on any atom is 0.401 e. The number of alkyl halides is 3. The van der Waals surface area contributed by atoms with Crippen molar-refractivity contribution in [2.75, 3.05) is 40.8 Å². The first-order chi connectivity index (χ1) is 10.8. The Bertz CT molecular complexity index is 480. The first kappa shape index (κ1) is 23.0. The molecule has 1 rings (SSSR count). The third kappa shape index (κ3) is 9.96. The van der Waals surface area contributed by atoms with E-state index in [0.29, 0.717) is 26.1 Å². The lowest BCUT2D eigenvalue weighted by atomic mass is 10.2. The van der Waals surface area contributed by atoms with Gasteiger partial charge in [-0.1, -0.05) is 30.3 Å². The Morgan fingerprint density at radius 2 is 1.79 bits per heavy atom. The molecule has 4 nitrogen and oxygen atoms in total. The molecule has 1 aromatic carbocycles. The quantitative estimate of drug-likeness (QED) is 0.295. The van der Waals surface area contributed by atoms with Crippen molar-refractivity contribution in [3.63, 3.8) is 0 Å². The number of halogens is 4. The van der Waals surface area contributed by atoms with E-state index in [4.69, 9.17) is 0 Å². The Morgan fingerprint density at radius 3 is 2.33 bits per heavy atom. The zero-order valence-electron chi connectivity index (χ0n) is 14.3. The molecule has 0 aliphatic carbocycles. The summed E-state index contributed by atoms with van der Waals surface area (Å²) in [5, 5.41) is 3.18. The van der Waals surface area contributed by atoms with Crippen molar-refractivity contribution < 1.29 is 13.2 Å². The second-order valence-electron chi connectivity index (χ2n) is 5.52. The number of nitrogens with zero attached hydrogens (tertiary/aromatic N) is 3. The Morgan fingerprint density at radius 1 is 1.17 bits per heavy atom. The molecule has 0 spiro atoms. The van der Waals surface area contributed by atoms with Gasteiger partial charge in [-0.05, 0) is 25.6 Å². The van der Waals surface area contributed by atoms with Gasteiger partial charge >= 0.3 is 6.18 Å². The van der Waals surface area contributed by atoms with Crippen molar-refractivity contribution in [2.24, 2.45) is 4.99 Å². The van der Waals surface area contributed by atoms with Crippen LogP contribution in [0, 0.1) is 0 Å². The van der Waals surface area contributed by atoms with Crippen molar-refractivity contribution >= 4 is 29.9 Å². The number of rotatable bonds is 7. The van der Waals surface area contributed by atoms with Gasteiger partial charge in [0.1, 0.15) is 0 Å². The van der Waals surface area contributed by atoms with Crippen LogP contribution in [0.2, 0.25) is 0 Å². The third-order valence-corrected chi connectivity index (χ3v) is 3.28. The first-order valence-electron chi connectivity index (χ1n) is 7.53. The minimum Gasteiger partial charge on any atom is -0.356 e. The third-order valence-electron chi connectivity index (χ3n) is 3.28. The highest BCUT2D eigenvalue weighted by molar-refractivity contribution is 14.0. The summed E-state index contributed by atoms with van der Waals surface area (Å²) in [6.45, 7) is 0.796. The SMILES string of the molecule is CN=C(NCCCN(C)CC(F)(F)F)N(C)Cc1ccccc1.I. The zero-order chi connectivity index (χ0) is 17.3. The number of aliphatic imine (C=N–C) groups is 1. The summed E-state index contributed by atoms with van der Waals surface area (Å²) in [4.78, 5) is 7.45. The van der Waals surface area contributed by atoms with Crippen molar-refractivity contribution in [1.29, 1.82) is 0 Å². The minimum atomic E-state index is -4.14. The van der Waals surface area contributed by atoms with Gasteiger partial charge in [0.25, 0.3) is 0 Å². The lowest BCUT2D eigenvalue weighted by Gasteiger charge is -2.23. The highest BCUT2D eigenvalue weighted by Crippen LogP contribution is 2.15. The van der Waals surface area contributed by atoms with Gasteiger partial charge in [0.15, 0.2) is 5.96 Å². The number of nitrogens with one attached hydrogen (secondary N) is 1. The van der Waals surface area contributed by atoms with Crippen molar-refractivity contribution in [2.45, 2.75) is 19.1 Å². The molecule has 0 aliphatic rings. The first-order valence-corrected chi connectivity index (χ1v) is 7.53. The van der Waals surface area contributed by atoms with Crippen LogP contribution < -0.4 is 5.32 Å². The average molecular weight is 458 g/mol. The highest BCUT2D eigenvalue weighted by Gasteiger charge is 2.28. The summed E-state index contributed by atoms with van der Waals surface area (Å²) in [5.74, 6) is 0.729. The van der Waals surface area contributed by atoms with Gasteiger partial charge in [0.2, 0.25) is 0 Å². The van der Waals surface area contributed by atoms with Crippen LogP contribution in [0.4, 0.5) is 13.2 Å². The van der Waals surface area contributed by atoms with Crippen LogP contribution in [-0.2, 0) is 6.54 Å². The number of hydrogen-bond donors (Lipinski definition) is 1. The maximum atomic E-state index is 12.2. The van der Waals surface area contributed by atoms with E-state index >= 15 is 0 Å². The van der Waals surface area contributed by atoms with Crippen LogP contribution in [0.3, 0.4) is 0 Å². The van der Waals surface area contributed by atoms with E-state index in [1.165, 1.54) is 17.5 Å². The van der Waals surface area contributed by atoms with E-state index in [1.54, 1.807) is 7.05 Å². The van der Waals surface area contributed by atoms with Gasteiger partial charge in [-0.2, -0.15) is 13.2 Å². The normalized spacial score (nSPS) is 12.0. The van der Waals surface area contributed by atoms with Gasteiger partial charge < -0.3 is 10.2 Å². The number of guanidine groups is 1. The van der Waals surface area contributed by atoms with E-state index < -0.39 is 12.7 Å². The molecule has 0 radical (unpaired) electrons. The van der Waals surface area contributed by atoms with Crippen LogP contribution in [0.1, 0.15) is 12.0 Å².